The smallest absolute Gasteiger partial charge is 0.350 e. The van der Waals surface area contributed by atoms with Crippen molar-refractivity contribution in [1.29, 1.82) is 5.26 Å². The average molecular weight is 276 g/mol. The van der Waals surface area contributed by atoms with Crippen LogP contribution in [-0.2, 0) is 9.53 Å². The van der Waals surface area contributed by atoms with Gasteiger partial charge >= 0.3 is 5.97 Å². The fourth-order valence-electron chi connectivity index (χ4n) is 2.23. The summed E-state index contributed by atoms with van der Waals surface area (Å²) in [5, 5.41) is 11.1. The number of ether oxygens (including phenoxy) is 1. The van der Waals surface area contributed by atoms with Gasteiger partial charge in [0.25, 0.3) is 0 Å². The summed E-state index contributed by atoms with van der Waals surface area (Å²) in [4.78, 5) is 15.0. The largest absolute Gasteiger partial charge is 0.462 e. The van der Waals surface area contributed by atoms with E-state index in [9.17, 15) is 4.79 Å². The Morgan fingerprint density at radius 1 is 1.74 bits per heavy atom. The molecule has 1 aliphatic heterocycles. The lowest BCUT2D eigenvalue weighted by atomic mass is 10.2. The van der Waals surface area contributed by atoms with E-state index in [1.54, 1.807) is 24.5 Å². The highest BCUT2D eigenvalue weighted by Crippen LogP contribution is 2.34. The minimum Gasteiger partial charge on any atom is -0.462 e. The zero-order valence-electron chi connectivity index (χ0n) is 10.8. The van der Waals surface area contributed by atoms with Gasteiger partial charge in [0.2, 0.25) is 0 Å². The Balaban J connectivity index is 2.16. The predicted octanol–water partition coefficient (Wildman–Crippen LogP) is 2.86. The lowest BCUT2D eigenvalue weighted by Gasteiger charge is -2.21. The molecule has 0 bridgehead atoms. The van der Waals surface area contributed by atoms with Crippen LogP contribution in [0.25, 0.3) is 0 Å². The highest BCUT2D eigenvalue weighted by Gasteiger charge is 2.26. The molecule has 2 heterocycles. The topological polar surface area (TPSA) is 53.3 Å². The van der Waals surface area contributed by atoms with Crippen LogP contribution >= 0.6 is 11.3 Å². The van der Waals surface area contributed by atoms with Crippen LogP contribution in [0.2, 0.25) is 0 Å². The summed E-state index contributed by atoms with van der Waals surface area (Å²) in [5.74, 6) is -0.540. The van der Waals surface area contributed by atoms with Crippen molar-refractivity contribution in [2.75, 3.05) is 13.2 Å². The fourth-order valence-corrected chi connectivity index (χ4v) is 3.11. The van der Waals surface area contributed by atoms with E-state index in [1.165, 1.54) is 4.88 Å². The Labute approximate surface area is 116 Å². The third-order valence-corrected chi connectivity index (χ3v) is 4.05. The maximum absolute atomic E-state index is 11.6. The molecule has 0 radical (unpaired) electrons. The summed E-state index contributed by atoms with van der Waals surface area (Å²) in [6.07, 6.45) is 3.77. The van der Waals surface area contributed by atoms with Gasteiger partial charge in [0.05, 0.1) is 12.6 Å². The first-order chi connectivity index (χ1) is 9.26. The van der Waals surface area contributed by atoms with Crippen LogP contribution in [-0.4, -0.2) is 24.0 Å². The summed E-state index contributed by atoms with van der Waals surface area (Å²) in [7, 11) is 0. The number of nitriles is 1. The Morgan fingerprint density at radius 3 is 3.21 bits per heavy atom. The number of esters is 1. The van der Waals surface area contributed by atoms with Crippen LogP contribution in [0.15, 0.2) is 29.3 Å². The van der Waals surface area contributed by atoms with E-state index in [2.05, 4.69) is 11.0 Å². The maximum atomic E-state index is 11.6. The standard InChI is InChI=1S/C14H16N2O2S/c1-2-18-14(17)11(9-15)10-16-7-3-5-12(16)13-6-4-8-19-13/h4,6,8,10,12H,2-3,5,7H2,1H3/b11-10-. The SMILES string of the molecule is CCOC(=O)/C(C#N)=C\N1CCCC1c1cccs1. The molecule has 1 saturated heterocycles. The average Bonchev–Trinajstić information content (AvgIpc) is 3.06. The number of carbonyl (C=O) groups is 1. The van der Waals surface area contributed by atoms with Gasteiger partial charge in [0, 0.05) is 17.6 Å². The number of hydrogen-bond acceptors (Lipinski definition) is 5. The quantitative estimate of drug-likeness (QED) is 0.482. The fraction of sp³-hybridized carbons (Fsp3) is 0.429. The van der Waals surface area contributed by atoms with Crippen molar-refractivity contribution >= 4 is 17.3 Å². The molecule has 1 aromatic heterocycles. The van der Waals surface area contributed by atoms with Gasteiger partial charge in [-0.2, -0.15) is 5.26 Å². The normalized spacial score (nSPS) is 19.3. The van der Waals surface area contributed by atoms with Crippen molar-refractivity contribution in [2.24, 2.45) is 0 Å². The summed E-state index contributed by atoms with van der Waals surface area (Å²) in [6.45, 7) is 2.89. The molecule has 1 atom stereocenters. The van der Waals surface area contributed by atoms with E-state index in [-0.39, 0.29) is 18.2 Å². The minimum absolute atomic E-state index is 0.0744. The number of nitrogens with zero attached hydrogens (tertiary/aromatic N) is 2. The molecule has 100 valence electrons. The van der Waals surface area contributed by atoms with Crippen LogP contribution in [0.3, 0.4) is 0 Å². The second kappa shape index (κ2) is 6.39. The minimum atomic E-state index is -0.540. The summed E-state index contributed by atoms with van der Waals surface area (Å²) in [6, 6.07) is 6.32. The third kappa shape index (κ3) is 3.15. The van der Waals surface area contributed by atoms with Gasteiger partial charge in [0.1, 0.15) is 6.07 Å². The predicted molar refractivity (Wildman–Crippen MR) is 73.3 cm³/mol. The number of rotatable bonds is 4. The molecule has 2 rings (SSSR count). The zero-order valence-corrected chi connectivity index (χ0v) is 11.7. The number of thiophene rings is 1. The van der Waals surface area contributed by atoms with E-state index in [0.717, 1.165) is 19.4 Å². The van der Waals surface area contributed by atoms with Crippen molar-refractivity contribution < 1.29 is 9.53 Å². The molecule has 0 saturated carbocycles. The summed E-state index contributed by atoms with van der Waals surface area (Å²) < 4.78 is 4.88. The van der Waals surface area contributed by atoms with Crippen LogP contribution in [0.4, 0.5) is 0 Å². The first kappa shape index (κ1) is 13.6. The molecule has 0 spiro atoms. The molecule has 0 amide bonds. The van der Waals surface area contributed by atoms with E-state index in [4.69, 9.17) is 10.00 Å². The van der Waals surface area contributed by atoms with E-state index in [1.807, 2.05) is 17.5 Å². The van der Waals surface area contributed by atoms with Gasteiger partial charge in [0.15, 0.2) is 5.57 Å². The molecule has 1 unspecified atom stereocenters. The number of likely N-dealkylation sites (tertiary alicyclic amines) is 1. The van der Waals surface area contributed by atoms with Gasteiger partial charge in [-0.25, -0.2) is 4.79 Å². The highest BCUT2D eigenvalue weighted by molar-refractivity contribution is 7.10. The molecule has 0 aliphatic carbocycles. The van der Waals surface area contributed by atoms with Crippen LogP contribution in [0.1, 0.15) is 30.7 Å². The first-order valence-corrected chi connectivity index (χ1v) is 7.22. The van der Waals surface area contributed by atoms with E-state index < -0.39 is 5.97 Å². The second-order valence-corrected chi connectivity index (χ2v) is 5.27. The second-order valence-electron chi connectivity index (χ2n) is 4.29. The summed E-state index contributed by atoms with van der Waals surface area (Å²) >= 11 is 1.71. The van der Waals surface area contributed by atoms with Crippen molar-refractivity contribution in [3.63, 3.8) is 0 Å². The van der Waals surface area contributed by atoms with Crippen LogP contribution in [0.5, 0.6) is 0 Å². The van der Waals surface area contributed by atoms with Crippen molar-refractivity contribution in [2.45, 2.75) is 25.8 Å². The molecular formula is C14H16N2O2S. The molecule has 1 aromatic rings. The summed E-state index contributed by atoms with van der Waals surface area (Å²) in [5.41, 5.74) is 0.0744. The van der Waals surface area contributed by atoms with Gasteiger partial charge in [-0.1, -0.05) is 6.07 Å². The molecule has 19 heavy (non-hydrogen) atoms. The van der Waals surface area contributed by atoms with Gasteiger partial charge in [-0.3, -0.25) is 0 Å². The van der Waals surface area contributed by atoms with Gasteiger partial charge in [-0.15, -0.1) is 11.3 Å². The molecule has 1 aliphatic rings. The van der Waals surface area contributed by atoms with Crippen molar-refractivity contribution in [1.82, 2.24) is 4.90 Å². The highest BCUT2D eigenvalue weighted by atomic mass is 32.1. The number of carbonyl (C=O) groups excluding carboxylic acids is 1. The molecule has 4 nitrogen and oxygen atoms in total. The maximum Gasteiger partial charge on any atom is 0.350 e. The third-order valence-electron chi connectivity index (χ3n) is 3.08. The number of hydrogen-bond donors (Lipinski definition) is 0. The Bertz CT molecular complexity index is 502. The monoisotopic (exact) mass is 276 g/mol. The molecule has 0 aromatic carbocycles. The van der Waals surface area contributed by atoms with E-state index in [0.29, 0.717) is 0 Å². The molecule has 5 heteroatoms. The molecule has 0 N–H and O–H groups in total. The van der Waals surface area contributed by atoms with Crippen molar-refractivity contribution in [3.8, 4) is 6.07 Å². The Kier molecular flexibility index (Phi) is 4.58. The van der Waals surface area contributed by atoms with Gasteiger partial charge < -0.3 is 9.64 Å². The van der Waals surface area contributed by atoms with Crippen molar-refractivity contribution in [3.05, 3.63) is 34.2 Å². The Hall–Kier alpha value is -1.80. The van der Waals surface area contributed by atoms with Crippen LogP contribution < -0.4 is 0 Å². The molecular weight excluding hydrogens is 260 g/mol. The molecule has 1 fully saturated rings. The first-order valence-electron chi connectivity index (χ1n) is 6.34. The van der Waals surface area contributed by atoms with Crippen LogP contribution in [0, 0.1) is 11.3 Å². The zero-order chi connectivity index (χ0) is 13.7. The lowest BCUT2D eigenvalue weighted by molar-refractivity contribution is -0.138. The van der Waals surface area contributed by atoms with Gasteiger partial charge in [-0.05, 0) is 31.2 Å². The van der Waals surface area contributed by atoms with E-state index >= 15 is 0 Å². The lowest BCUT2D eigenvalue weighted by Crippen LogP contribution is -2.19. The Morgan fingerprint density at radius 2 is 2.58 bits per heavy atom.